The van der Waals surface area contributed by atoms with E-state index in [-0.39, 0.29) is 5.57 Å². The fraction of sp³-hybridized carbons (Fsp3) is 0.0588. The van der Waals surface area contributed by atoms with Crippen molar-refractivity contribution in [1.82, 2.24) is 4.90 Å². The summed E-state index contributed by atoms with van der Waals surface area (Å²) in [5, 5.41) is 10.1. The van der Waals surface area contributed by atoms with E-state index in [2.05, 4.69) is 23.2 Å². The first kappa shape index (κ1) is 13.0. The SMILES string of the molecule is O=C(O)C1=CN2Cc3cc(-c4ccccc4)sc3N=C2C=C1. The van der Waals surface area contributed by atoms with Gasteiger partial charge in [-0.1, -0.05) is 30.3 Å². The van der Waals surface area contributed by atoms with E-state index in [9.17, 15) is 4.79 Å². The van der Waals surface area contributed by atoms with Crippen molar-refractivity contribution in [2.45, 2.75) is 6.54 Å². The van der Waals surface area contributed by atoms with Crippen LogP contribution in [0.25, 0.3) is 10.4 Å². The van der Waals surface area contributed by atoms with Gasteiger partial charge in [-0.15, -0.1) is 11.3 Å². The summed E-state index contributed by atoms with van der Waals surface area (Å²) >= 11 is 1.67. The average molecular weight is 308 g/mol. The van der Waals surface area contributed by atoms with E-state index < -0.39 is 5.97 Å². The molecule has 0 aliphatic carbocycles. The summed E-state index contributed by atoms with van der Waals surface area (Å²) in [4.78, 5) is 18.8. The Hall–Kier alpha value is -2.66. The van der Waals surface area contributed by atoms with Crippen molar-refractivity contribution < 1.29 is 9.90 Å². The summed E-state index contributed by atoms with van der Waals surface area (Å²) in [6, 6.07) is 12.4. The maximum Gasteiger partial charge on any atom is 0.337 e. The minimum atomic E-state index is -0.920. The number of hydrogen-bond donors (Lipinski definition) is 1. The highest BCUT2D eigenvalue weighted by molar-refractivity contribution is 7.19. The summed E-state index contributed by atoms with van der Waals surface area (Å²) in [5.41, 5.74) is 2.59. The van der Waals surface area contributed by atoms with Crippen LogP contribution in [0.1, 0.15) is 5.56 Å². The van der Waals surface area contributed by atoms with E-state index in [1.165, 1.54) is 10.4 Å². The monoisotopic (exact) mass is 308 g/mol. The molecule has 0 spiro atoms. The Morgan fingerprint density at radius 2 is 2.05 bits per heavy atom. The molecule has 4 nitrogen and oxygen atoms in total. The number of hydrogen-bond acceptors (Lipinski definition) is 4. The highest BCUT2D eigenvalue weighted by Gasteiger charge is 2.23. The van der Waals surface area contributed by atoms with Crippen LogP contribution in [0, 0.1) is 0 Å². The van der Waals surface area contributed by atoms with Gasteiger partial charge in [0.15, 0.2) is 0 Å². The first-order chi connectivity index (χ1) is 10.7. The van der Waals surface area contributed by atoms with Gasteiger partial charge in [-0.2, -0.15) is 0 Å². The number of aliphatic carboxylic acids is 1. The van der Waals surface area contributed by atoms with Gasteiger partial charge in [-0.3, -0.25) is 0 Å². The minimum Gasteiger partial charge on any atom is -0.478 e. The molecule has 0 radical (unpaired) electrons. The van der Waals surface area contributed by atoms with Crippen LogP contribution in [0.3, 0.4) is 0 Å². The van der Waals surface area contributed by atoms with Crippen molar-refractivity contribution in [3.8, 4) is 10.4 Å². The molecule has 0 amide bonds. The Morgan fingerprint density at radius 1 is 1.23 bits per heavy atom. The summed E-state index contributed by atoms with van der Waals surface area (Å²) in [6.07, 6.45) is 4.99. The Bertz CT molecular complexity index is 847. The van der Waals surface area contributed by atoms with Gasteiger partial charge in [0.25, 0.3) is 0 Å². The second kappa shape index (κ2) is 4.96. The summed E-state index contributed by atoms with van der Waals surface area (Å²) in [7, 11) is 0. The van der Waals surface area contributed by atoms with Crippen LogP contribution in [0.2, 0.25) is 0 Å². The molecule has 0 unspecified atom stereocenters. The molecule has 1 aromatic heterocycles. The van der Waals surface area contributed by atoms with E-state index in [1.807, 2.05) is 23.1 Å². The number of benzene rings is 1. The van der Waals surface area contributed by atoms with Gasteiger partial charge in [0.2, 0.25) is 0 Å². The molecule has 4 rings (SSSR count). The van der Waals surface area contributed by atoms with Crippen LogP contribution in [0.5, 0.6) is 0 Å². The highest BCUT2D eigenvalue weighted by Crippen LogP contribution is 2.40. The van der Waals surface area contributed by atoms with E-state index in [0.717, 1.165) is 16.4 Å². The molecule has 2 aliphatic rings. The lowest BCUT2D eigenvalue weighted by Crippen LogP contribution is -2.29. The Labute approximate surface area is 131 Å². The molecule has 1 N–H and O–H groups in total. The number of amidine groups is 1. The van der Waals surface area contributed by atoms with E-state index in [4.69, 9.17) is 5.11 Å². The zero-order valence-corrected chi connectivity index (χ0v) is 12.4. The largest absolute Gasteiger partial charge is 0.478 e. The third-order valence-electron chi connectivity index (χ3n) is 3.65. The number of carboxylic acid groups (broad SMARTS) is 1. The van der Waals surface area contributed by atoms with Crippen molar-refractivity contribution >= 4 is 28.1 Å². The normalized spacial score (nSPS) is 15.7. The summed E-state index contributed by atoms with van der Waals surface area (Å²) in [6.45, 7) is 0.651. The number of nitrogens with zero attached hydrogens (tertiary/aromatic N) is 2. The smallest absolute Gasteiger partial charge is 0.337 e. The lowest BCUT2D eigenvalue weighted by Gasteiger charge is -2.26. The molecule has 0 saturated carbocycles. The average Bonchev–Trinajstić information content (AvgIpc) is 2.95. The fourth-order valence-corrected chi connectivity index (χ4v) is 3.61. The topological polar surface area (TPSA) is 52.9 Å². The molecular formula is C17H12N2O2S. The van der Waals surface area contributed by atoms with Crippen LogP contribution in [0.15, 0.2) is 65.3 Å². The maximum absolute atomic E-state index is 11.1. The number of rotatable bonds is 2. The first-order valence-corrected chi connectivity index (χ1v) is 7.69. The predicted molar refractivity (Wildman–Crippen MR) is 87.3 cm³/mol. The number of thiophene rings is 1. The molecular weight excluding hydrogens is 296 g/mol. The van der Waals surface area contributed by atoms with Gasteiger partial charge < -0.3 is 10.0 Å². The zero-order chi connectivity index (χ0) is 15.1. The third-order valence-corrected chi connectivity index (χ3v) is 4.77. The number of fused-ring (bicyclic) bond motifs is 2. The minimum absolute atomic E-state index is 0.279. The maximum atomic E-state index is 11.1. The van der Waals surface area contributed by atoms with Gasteiger partial charge in [0.05, 0.1) is 12.1 Å². The number of aliphatic imine (C=N–C) groups is 1. The Kier molecular flexibility index (Phi) is 2.94. The van der Waals surface area contributed by atoms with Gasteiger partial charge in [-0.25, -0.2) is 9.79 Å². The molecule has 0 bridgehead atoms. The predicted octanol–water partition coefficient (Wildman–Crippen LogP) is 3.80. The summed E-state index contributed by atoms with van der Waals surface area (Å²) < 4.78 is 0. The van der Waals surface area contributed by atoms with Crippen LogP contribution in [-0.2, 0) is 11.3 Å². The Balaban J connectivity index is 1.72. The Morgan fingerprint density at radius 3 is 2.82 bits per heavy atom. The molecule has 1 aromatic carbocycles. The molecule has 108 valence electrons. The standard InChI is InChI=1S/C17H12N2O2S/c20-17(21)12-6-7-15-18-16-13(10-19(15)9-12)8-14(22-16)11-4-2-1-3-5-11/h1-9H,10H2,(H,20,21). The fourth-order valence-electron chi connectivity index (χ4n) is 2.55. The lowest BCUT2D eigenvalue weighted by atomic mass is 10.1. The third kappa shape index (κ3) is 2.16. The van der Waals surface area contributed by atoms with Crippen molar-refractivity contribution in [3.05, 3.63) is 65.9 Å². The van der Waals surface area contributed by atoms with E-state index >= 15 is 0 Å². The van der Waals surface area contributed by atoms with Gasteiger partial charge in [0, 0.05) is 16.6 Å². The number of carboxylic acids is 1. The van der Waals surface area contributed by atoms with Crippen molar-refractivity contribution in [2.24, 2.45) is 4.99 Å². The van der Waals surface area contributed by atoms with Crippen LogP contribution in [0.4, 0.5) is 5.00 Å². The molecule has 3 heterocycles. The second-order valence-electron chi connectivity index (χ2n) is 5.13. The van der Waals surface area contributed by atoms with E-state index in [1.54, 1.807) is 29.7 Å². The first-order valence-electron chi connectivity index (χ1n) is 6.87. The molecule has 2 aromatic rings. The molecule has 22 heavy (non-hydrogen) atoms. The van der Waals surface area contributed by atoms with Crippen LogP contribution in [-0.4, -0.2) is 21.8 Å². The van der Waals surface area contributed by atoms with Crippen molar-refractivity contribution in [1.29, 1.82) is 0 Å². The van der Waals surface area contributed by atoms with E-state index in [0.29, 0.717) is 6.54 Å². The molecule has 0 saturated heterocycles. The molecule has 0 atom stereocenters. The molecule has 2 aliphatic heterocycles. The van der Waals surface area contributed by atoms with Crippen molar-refractivity contribution in [2.75, 3.05) is 0 Å². The summed E-state index contributed by atoms with van der Waals surface area (Å²) in [5.74, 6) is -0.129. The van der Waals surface area contributed by atoms with Gasteiger partial charge in [-0.05, 0) is 23.8 Å². The zero-order valence-electron chi connectivity index (χ0n) is 11.6. The quantitative estimate of drug-likeness (QED) is 0.918. The van der Waals surface area contributed by atoms with Crippen LogP contribution < -0.4 is 0 Å². The lowest BCUT2D eigenvalue weighted by molar-refractivity contribution is -0.132. The number of carbonyl (C=O) groups is 1. The molecule has 0 fully saturated rings. The van der Waals surface area contributed by atoms with Gasteiger partial charge in [0.1, 0.15) is 10.8 Å². The second-order valence-corrected chi connectivity index (χ2v) is 6.16. The highest BCUT2D eigenvalue weighted by atomic mass is 32.1. The molecule has 5 heteroatoms. The van der Waals surface area contributed by atoms with Crippen LogP contribution >= 0.6 is 11.3 Å². The van der Waals surface area contributed by atoms with Gasteiger partial charge >= 0.3 is 5.97 Å². The van der Waals surface area contributed by atoms with Crippen molar-refractivity contribution in [3.63, 3.8) is 0 Å².